The summed E-state index contributed by atoms with van der Waals surface area (Å²) in [7, 11) is 0. The van der Waals surface area contributed by atoms with E-state index in [1.165, 1.54) is 12.1 Å². The van der Waals surface area contributed by atoms with E-state index in [2.05, 4.69) is 4.98 Å². The number of pyridine rings is 1. The van der Waals surface area contributed by atoms with Crippen LogP contribution in [0.15, 0.2) is 60.9 Å². The third-order valence-electron chi connectivity index (χ3n) is 7.70. The molecule has 2 bridgehead atoms. The van der Waals surface area contributed by atoms with Crippen molar-refractivity contribution in [3.63, 3.8) is 0 Å². The lowest BCUT2D eigenvalue weighted by molar-refractivity contribution is 0.0575. The minimum atomic E-state index is -0.581. The highest BCUT2D eigenvalue weighted by Gasteiger charge is 2.42. The average molecular weight is 480 g/mol. The standard InChI is InChI=1S/C29H26FN5O/c1-17-33-16-25-10-19(8-9-34(17)25)26-7-4-20(11-27(26)18-2-3-21(15-31)28(30)12-18)29(36)35-23-5-6-24(35)14-22(32)13-23/h2-4,7-12,16,22-24H,5-6,13-14,32H2,1H3/t22-,23+,24-. The van der Waals surface area contributed by atoms with Crippen LogP contribution in [0.5, 0.6) is 0 Å². The minimum Gasteiger partial charge on any atom is -0.333 e. The molecule has 0 radical (unpaired) electrons. The Bertz CT molecular complexity index is 1540. The van der Waals surface area contributed by atoms with Crippen LogP contribution in [0.1, 0.15) is 47.4 Å². The van der Waals surface area contributed by atoms with Crippen molar-refractivity contribution in [1.29, 1.82) is 5.26 Å². The van der Waals surface area contributed by atoms with Crippen LogP contribution in [0, 0.1) is 24.1 Å². The molecular weight excluding hydrogens is 453 g/mol. The number of nitriles is 1. The van der Waals surface area contributed by atoms with E-state index in [-0.39, 0.29) is 29.6 Å². The van der Waals surface area contributed by atoms with Crippen LogP contribution in [0.2, 0.25) is 0 Å². The third-order valence-corrected chi connectivity index (χ3v) is 7.70. The van der Waals surface area contributed by atoms with Gasteiger partial charge in [0.25, 0.3) is 5.91 Å². The number of rotatable bonds is 3. The Labute approximate surface area is 208 Å². The van der Waals surface area contributed by atoms with Crippen LogP contribution in [-0.2, 0) is 0 Å². The maximum Gasteiger partial charge on any atom is 0.254 e. The summed E-state index contributed by atoms with van der Waals surface area (Å²) in [5.41, 5.74) is 10.9. The second-order valence-corrected chi connectivity index (χ2v) is 9.91. The number of hydrogen-bond acceptors (Lipinski definition) is 4. The molecule has 4 heterocycles. The number of amides is 1. The van der Waals surface area contributed by atoms with E-state index in [1.54, 1.807) is 6.07 Å². The first-order valence-electron chi connectivity index (χ1n) is 12.3. The van der Waals surface area contributed by atoms with Crippen molar-refractivity contribution in [2.75, 3.05) is 0 Å². The molecule has 180 valence electrons. The molecule has 7 heteroatoms. The van der Waals surface area contributed by atoms with E-state index in [9.17, 15) is 14.4 Å². The Morgan fingerprint density at radius 1 is 1.06 bits per heavy atom. The van der Waals surface area contributed by atoms with Crippen LogP contribution in [0.25, 0.3) is 27.8 Å². The fourth-order valence-electron chi connectivity index (χ4n) is 5.94. The molecule has 2 saturated heterocycles. The lowest BCUT2D eigenvalue weighted by Crippen LogP contribution is -2.50. The summed E-state index contributed by atoms with van der Waals surface area (Å²) < 4.78 is 16.7. The molecule has 3 atom stereocenters. The van der Waals surface area contributed by atoms with Gasteiger partial charge in [-0.25, -0.2) is 9.37 Å². The average Bonchev–Trinajstić information content (AvgIpc) is 3.39. The molecule has 0 unspecified atom stereocenters. The van der Waals surface area contributed by atoms with Gasteiger partial charge in [-0.3, -0.25) is 4.79 Å². The number of aryl methyl sites for hydroxylation is 1. The predicted octanol–water partition coefficient (Wildman–Crippen LogP) is 5.08. The number of halogens is 1. The molecule has 0 aliphatic carbocycles. The van der Waals surface area contributed by atoms with Crippen LogP contribution < -0.4 is 5.73 Å². The van der Waals surface area contributed by atoms with Gasteiger partial charge in [0.1, 0.15) is 17.7 Å². The molecule has 2 fully saturated rings. The number of carbonyl (C=O) groups excluding carboxylic acids is 1. The number of piperidine rings is 1. The first-order chi connectivity index (χ1) is 17.4. The number of imidazole rings is 1. The number of aromatic nitrogens is 2. The highest BCUT2D eigenvalue weighted by Crippen LogP contribution is 2.38. The Hall–Kier alpha value is -4.02. The second-order valence-electron chi connectivity index (χ2n) is 9.91. The monoisotopic (exact) mass is 479 g/mol. The van der Waals surface area contributed by atoms with E-state index in [4.69, 9.17) is 5.73 Å². The van der Waals surface area contributed by atoms with Crippen molar-refractivity contribution in [2.45, 2.75) is 50.7 Å². The number of nitrogens with zero attached hydrogens (tertiary/aromatic N) is 4. The lowest BCUT2D eigenvalue weighted by Gasteiger charge is -2.38. The van der Waals surface area contributed by atoms with Crippen molar-refractivity contribution in [3.05, 3.63) is 83.7 Å². The summed E-state index contributed by atoms with van der Waals surface area (Å²) in [4.78, 5) is 20.1. The third kappa shape index (κ3) is 3.66. The molecule has 2 aromatic heterocycles. The first-order valence-corrected chi connectivity index (χ1v) is 12.3. The molecule has 36 heavy (non-hydrogen) atoms. The molecule has 2 aromatic carbocycles. The summed E-state index contributed by atoms with van der Waals surface area (Å²) in [6.07, 6.45) is 7.41. The molecule has 2 aliphatic rings. The molecule has 2 aliphatic heterocycles. The molecule has 0 saturated carbocycles. The number of benzene rings is 2. The van der Waals surface area contributed by atoms with E-state index in [1.807, 2.05) is 65.0 Å². The first kappa shape index (κ1) is 22.4. The highest BCUT2D eigenvalue weighted by molar-refractivity contribution is 5.98. The molecule has 4 aromatic rings. The Morgan fingerprint density at radius 2 is 1.81 bits per heavy atom. The summed E-state index contributed by atoms with van der Waals surface area (Å²) in [5, 5.41) is 9.19. The van der Waals surface area contributed by atoms with Gasteiger partial charge in [0.05, 0.1) is 17.3 Å². The zero-order valence-electron chi connectivity index (χ0n) is 20.0. The minimum absolute atomic E-state index is 0.00168. The van der Waals surface area contributed by atoms with E-state index >= 15 is 0 Å². The quantitative estimate of drug-likeness (QED) is 0.444. The van der Waals surface area contributed by atoms with E-state index < -0.39 is 5.82 Å². The van der Waals surface area contributed by atoms with E-state index in [0.717, 1.165) is 53.7 Å². The van der Waals surface area contributed by atoms with Crippen molar-refractivity contribution in [1.82, 2.24) is 14.3 Å². The number of fused-ring (bicyclic) bond motifs is 3. The largest absolute Gasteiger partial charge is 0.333 e. The zero-order chi connectivity index (χ0) is 25.0. The fraction of sp³-hybridized carbons (Fsp3) is 0.276. The predicted molar refractivity (Wildman–Crippen MR) is 136 cm³/mol. The van der Waals surface area contributed by atoms with Gasteiger partial charge >= 0.3 is 0 Å². The van der Waals surface area contributed by atoms with Gasteiger partial charge in [-0.05, 0) is 91.3 Å². The highest BCUT2D eigenvalue weighted by atomic mass is 19.1. The van der Waals surface area contributed by atoms with Crippen LogP contribution >= 0.6 is 0 Å². The Morgan fingerprint density at radius 3 is 2.53 bits per heavy atom. The van der Waals surface area contributed by atoms with Gasteiger partial charge in [-0.2, -0.15) is 5.26 Å². The summed E-state index contributed by atoms with van der Waals surface area (Å²) in [6.45, 7) is 1.94. The SMILES string of the molecule is Cc1ncc2cc(-c3ccc(C(=O)N4[C@@H]5CC[C@H]4C[C@@H](N)C5)cc3-c3ccc(C#N)c(F)c3)ccn12. The molecule has 6 rings (SSSR count). The second kappa shape index (κ2) is 8.58. The van der Waals surface area contributed by atoms with Crippen LogP contribution in [0.4, 0.5) is 4.39 Å². The molecule has 1 amide bonds. The fourth-order valence-corrected chi connectivity index (χ4v) is 5.94. The summed E-state index contributed by atoms with van der Waals surface area (Å²) in [6, 6.07) is 16.7. The smallest absolute Gasteiger partial charge is 0.254 e. The van der Waals surface area contributed by atoms with Crippen molar-refractivity contribution >= 4 is 11.4 Å². The number of carbonyl (C=O) groups is 1. The van der Waals surface area contributed by atoms with Gasteiger partial charge in [0.2, 0.25) is 0 Å². The van der Waals surface area contributed by atoms with Crippen LogP contribution in [-0.4, -0.2) is 38.3 Å². The summed E-state index contributed by atoms with van der Waals surface area (Å²) >= 11 is 0. The maximum absolute atomic E-state index is 14.7. The van der Waals surface area contributed by atoms with Gasteiger partial charge in [-0.15, -0.1) is 0 Å². The Balaban J connectivity index is 1.47. The van der Waals surface area contributed by atoms with Gasteiger partial charge < -0.3 is 15.0 Å². The normalized spacial score (nSPS) is 21.1. The van der Waals surface area contributed by atoms with Crippen LogP contribution in [0.3, 0.4) is 0 Å². The molecule has 0 spiro atoms. The topological polar surface area (TPSA) is 87.4 Å². The van der Waals surface area contributed by atoms with Crippen molar-refractivity contribution < 1.29 is 9.18 Å². The number of nitrogens with two attached hydrogens (primary N) is 1. The summed E-state index contributed by atoms with van der Waals surface area (Å²) in [5.74, 6) is 0.309. The van der Waals surface area contributed by atoms with Gasteiger partial charge in [0.15, 0.2) is 0 Å². The van der Waals surface area contributed by atoms with Gasteiger partial charge in [-0.1, -0.05) is 12.1 Å². The maximum atomic E-state index is 14.7. The lowest BCUT2D eigenvalue weighted by atomic mass is 9.91. The molecule has 2 N–H and O–H groups in total. The molecule has 6 nitrogen and oxygen atoms in total. The molecular formula is C29H26FN5O. The zero-order valence-corrected chi connectivity index (χ0v) is 20.0. The number of hydrogen-bond donors (Lipinski definition) is 1. The van der Waals surface area contributed by atoms with Gasteiger partial charge in [0, 0.05) is 29.9 Å². The van der Waals surface area contributed by atoms with Crippen molar-refractivity contribution in [2.24, 2.45) is 5.73 Å². The Kier molecular flexibility index (Phi) is 5.35. The van der Waals surface area contributed by atoms with Crippen molar-refractivity contribution in [3.8, 4) is 28.3 Å². The van der Waals surface area contributed by atoms with E-state index in [0.29, 0.717) is 11.1 Å².